The van der Waals surface area contributed by atoms with Crippen LogP contribution in [0.5, 0.6) is 0 Å². The van der Waals surface area contributed by atoms with E-state index in [4.69, 9.17) is 5.11 Å². The summed E-state index contributed by atoms with van der Waals surface area (Å²) in [6.45, 7) is 2.05. The molecule has 1 atom stereocenters. The van der Waals surface area contributed by atoms with Gasteiger partial charge in [-0.2, -0.15) is 4.31 Å². The van der Waals surface area contributed by atoms with Gasteiger partial charge in [-0.1, -0.05) is 6.07 Å². The number of carbonyl (C=O) groups is 1. The molecule has 104 valence electrons. The van der Waals surface area contributed by atoms with Crippen LogP contribution < -0.4 is 0 Å². The second-order valence-electron chi connectivity index (χ2n) is 4.55. The molecule has 1 aromatic rings. The Hall–Kier alpha value is -0.920. The third-order valence-electron chi connectivity index (χ3n) is 3.16. The molecule has 1 fully saturated rings. The standard InChI is InChI=1S/C12H14BrNO4S/c1-8-4-5-9(13)11(7-8)19(17,18)14-6-2-3-10(14)12(15)16/h4-5,7,10H,2-3,6H2,1H3,(H,15,16). The van der Waals surface area contributed by atoms with E-state index in [1.165, 1.54) is 0 Å². The Kier molecular flexibility index (Phi) is 3.98. The van der Waals surface area contributed by atoms with Crippen molar-refractivity contribution < 1.29 is 18.3 Å². The second-order valence-corrected chi connectivity index (χ2v) is 7.26. The van der Waals surface area contributed by atoms with Crippen molar-refractivity contribution in [2.45, 2.75) is 30.7 Å². The summed E-state index contributed by atoms with van der Waals surface area (Å²) in [6.07, 6.45) is 0.928. The molecule has 1 aromatic carbocycles. The third kappa shape index (κ3) is 2.68. The van der Waals surface area contributed by atoms with Gasteiger partial charge in [-0.05, 0) is 53.4 Å². The molecule has 0 saturated carbocycles. The summed E-state index contributed by atoms with van der Waals surface area (Å²) in [5.74, 6) is -1.09. The van der Waals surface area contributed by atoms with Gasteiger partial charge in [-0.25, -0.2) is 8.42 Å². The van der Waals surface area contributed by atoms with E-state index in [2.05, 4.69) is 15.9 Å². The maximum atomic E-state index is 12.6. The summed E-state index contributed by atoms with van der Waals surface area (Å²) < 4.78 is 26.6. The van der Waals surface area contributed by atoms with E-state index in [1.54, 1.807) is 25.1 Å². The van der Waals surface area contributed by atoms with Crippen molar-refractivity contribution in [3.8, 4) is 0 Å². The van der Waals surface area contributed by atoms with Crippen LogP contribution in [0, 0.1) is 6.92 Å². The van der Waals surface area contributed by atoms with Crippen LogP contribution in [0.3, 0.4) is 0 Å². The number of benzene rings is 1. The molecular weight excluding hydrogens is 334 g/mol. The first-order chi connectivity index (χ1) is 8.84. The molecule has 1 N–H and O–H groups in total. The first-order valence-corrected chi connectivity index (χ1v) is 8.08. The van der Waals surface area contributed by atoms with Crippen LogP contribution in [-0.2, 0) is 14.8 Å². The highest BCUT2D eigenvalue weighted by atomic mass is 79.9. The van der Waals surface area contributed by atoms with E-state index in [1.807, 2.05) is 0 Å². The van der Waals surface area contributed by atoms with E-state index in [9.17, 15) is 13.2 Å². The molecule has 1 aliphatic rings. The van der Waals surface area contributed by atoms with Gasteiger partial charge in [0.1, 0.15) is 6.04 Å². The van der Waals surface area contributed by atoms with Gasteiger partial charge in [0.2, 0.25) is 10.0 Å². The maximum absolute atomic E-state index is 12.6. The highest BCUT2D eigenvalue weighted by Crippen LogP contribution is 2.31. The summed E-state index contributed by atoms with van der Waals surface area (Å²) in [7, 11) is -3.78. The van der Waals surface area contributed by atoms with Crippen LogP contribution in [-0.4, -0.2) is 36.4 Å². The normalized spacial score (nSPS) is 20.6. The molecule has 0 bridgehead atoms. The smallest absolute Gasteiger partial charge is 0.322 e. The molecule has 0 radical (unpaired) electrons. The van der Waals surface area contributed by atoms with Crippen LogP contribution in [0.15, 0.2) is 27.6 Å². The van der Waals surface area contributed by atoms with E-state index in [-0.39, 0.29) is 11.4 Å². The molecule has 2 rings (SSSR count). The van der Waals surface area contributed by atoms with Gasteiger partial charge in [0.05, 0.1) is 4.90 Å². The van der Waals surface area contributed by atoms with Crippen molar-refractivity contribution in [1.82, 2.24) is 4.31 Å². The number of halogens is 1. The van der Waals surface area contributed by atoms with Gasteiger partial charge in [-0.15, -0.1) is 0 Å². The summed E-state index contributed by atoms with van der Waals surface area (Å²) in [5.41, 5.74) is 0.813. The number of hydrogen-bond donors (Lipinski definition) is 1. The number of carboxylic acids is 1. The van der Waals surface area contributed by atoms with Crippen molar-refractivity contribution in [2.75, 3.05) is 6.54 Å². The van der Waals surface area contributed by atoms with Crippen LogP contribution in [0.4, 0.5) is 0 Å². The Bertz CT molecular complexity index is 614. The minimum atomic E-state index is -3.78. The van der Waals surface area contributed by atoms with Crippen molar-refractivity contribution in [3.05, 3.63) is 28.2 Å². The van der Waals surface area contributed by atoms with Gasteiger partial charge < -0.3 is 5.11 Å². The zero-order valence-electron chi connectivity index (χ0n) is 10.3. The van der Waals surface area contributed by atoms with E-state index < -0.39 is 22.0 Å². The lowest BCUT2D eigenvalue weighted by Crippen LogP contribution is -2.40. The number of carboxylic acid groups (broad SMARTS) is 1. The number of aryl methyl sites for hydroxylation is 1. The Labute approximate surface area is 120 Å². The lowest BCUT2D eigenvalue weighted by Gasteiger charge is -2.21. The lowest BCUT2D eigenvalue weighted by atomic mass is 10.2. The Morgan fingerprint density at radius 2 is 2.16 bits per heavy atom. The van der Waals surface area contributed by atoms with E-state index >= 15 is 0 Å². The van der Waals surface area contributed by atoms with Gasteiger partial charge in [0.25, 0.3) is 0 Å². The van der Waals surface area contributed by atoms with E-state index in [0.29, 0.717) is 17.3 Å². The average Bonchev–Trinajstić information content (AvgIpc) is 2.82. The zero-order chi connectivity index (χ0) is 14.2. The van der Waals surface area contributed by atoms with Crippen molar-refractivity contribution in [2.24, 2.45) is 0 Å². The van der Waals surface area contributed by atoms with Gasteiger partial charge in [0, 0.05) is 11.0 Å². The van der Waals surface area contributed by atoms with E-state index in [0.717, 1.165) is 9.87 Å². The first kappa shape index (κ1) is 14.5. The summed E-state index contributed by atoms with van der Waals surface area (Å²) in [4.78, 5) is 11.2. The average molecular weight is 348 g/mol. The number of nitrogens with zero attached hydrogens (tertiary/aromatic N) is 1. The Morgan fingerprint density at radius 1 is 1.47 bits per heavy atom. The fourth-order valence-corrected chi connectivity index (χ4v) is 4.87. The Balaban J connectivity index is 2.48. The molecular formula is C12H14BrNO4S. The summed E-state index contributed by atoms with van der Waals surface area (Å²) in [5, 5.41) is 9.10. The first-order valence-electron chi connectivity index (χ1n) is 5.85. The number of rotatable bonds is 3. The predicted octanol–water partition coefficient (Wildman–Crippen LogP) is 2.00. The monoisotopic (exact) mass is 347 g/mol. The molecule has 1 saturated heterocycles. The summed E-state index contributed by atoms with van der Waals surface area (Å²) >= 11 is 3.22. The summed E-state index contributed by atoms with van der Waals surface area (Å²) in [6, 6.07) is 4.05. The molecule has 1 aliphatic heterocycles. The van der Waals surface area contributed by atoms with Crippen molar-refractivity contribution >= 4 is 31.9 Å². The van der Waals surface area contributed by atoms with Crippen LogP contribution in [0.2, 0.25) is 0 Å². The van der Waals surface area contributed by atoms with Gasteiger partial charge >= 0.3 is 5.97 Å². The largest absolute Gasteiger partial charge is 0.480 e. The van der Waals surface area contributed by atoms with Crippen LogP contribution >= 0.6 is 15.9 Å². The van der Waals surface area contributed by atoms with Crippen LogP contribution in [0.1, 0.15) is 18.4 Å². The maximum Gasteiger partial charge on any atom is 0.322 e. The quantitative estimate of drug-likeness (QED) is 0.907. The van der Waals surface area contributed by atoms with Crippen LogP contribution in [0.25, 0.3) is 0 Å². The third-order valence-corrected chi connectivity index (χ3v) is 6.06. The molecule has 0 aliphatic carbocycles. The lowest BCUT2D eigenvalue weighted by molar-refractivity contribution is -0.140. The topological polar surface area (TPSA) is 74.7 Å². The fraction of sp³-hybridized carbons (Fsp3) is 0.417. The van der Waals surface area contributed by atoms with Gasteiger partial charge in [-0.3, -0.25) is 4.79 Å². The molecule has 0 amide bonds. The van der Waals surface area contributed by atoms with Gasteiger partial charge in [0.15, 0.2) is 0 Å². The minimum Gasteiger partial charge on any atom is -0.480 e. The highest BCUT2D eigenvalue weighted by molar-refractivity contribution is 9.10. The molecule has 7 heteroatoms. The van der Waals surface area contributed by atoms with Crippen molar-refractivity contribution in [1.29, 1.82) is 0 Å². The molecule has 0 aromatic heterocycles. The zero-order valence-corrected chi connectivity index (χ0v) is 12.7. The Morgan fingerprint density at radius 3 is 2.79 bits per heavy atom. The predicted molar refractivity (Wildman–Crippen MR) is 73.4 cm³/mol. The minimum absolute atomic E-state index is 0.126. The highest BCUT2D eigenvalue weighted by Gasteiger charge is 2.40. The molecule has 0 spiro atoms. The number of sulfonamides is 1. The molecule has 19 heavy (non-hydrogen) atoms. The SMILES string of the molecule is Cc1ccc(Br)c(S(=O)(=O)N2CCCC2C(=O)O)c1. The molecule has 1 unspecified atom stereocenters. The molecule has 5 nitrogen and oxygen atoms in total. The molecule has 1 heterocycles. The van der Waals surface area contributed by atoms with Crippen molar-refractivity contribution in [3.63, 3.8) is 0 Å². The second kappa shape index (κ2) is 5.22. The fourth-order valence-electron chi connectivity index (χ4n) is 2.21. The number of hydrogen-bond acceptors (Lipinski definition) is 3. The number of aliphatic carboxylic acids is 1.